The highest BCUT2D eigenvalue weighted by Crippen LogP contribution is 2.45. The Morgan fingerprint density at radius 3 is 2.93 bits per heavy atom. The molecule has 1 saturated heterocycles. The molecular formula is C26H28N2. The molecule has 1 fully saturated rings. The van der Waals surface area contributed by atoms with Crippen LogP contribution in [0.4, 0.5) is 0 Å². The largest absolute Gasteiger partial charge is 0.303 e. The molecule has 28 heavy (non-hydrogen) atoms. The summed E-state index contributed by atoms with van der Waals surface area (Å²) in [6.45, 7) is 3.73. The normalized spacial score (nSPS) is 25.0. The van der Waals surface area contributed by atoms with E-state index in [0.29, 0.717) is 11.5 Å². The maximum Gasteiger partial charge on any atom is 0.0346 e. The average molecular weight is 369 g/mol. The van der Waals surface area contributed by atoms with Gasteiger partial charge in [0, 0.05) is 34.8 Å². The molecule has 2 heterocycles. The third-order valence-electron chi connectivity index (χ3n) is 7.06. The van der Waals surface area contributed by atoms with Gasteiger partial charge < -0.3 is 4.90 Å². The second-order valence-electron chi connectivity index (χ2n) is 8.76. The van der Waals surface area contributed by atoms with Crippen molar-refractivity contribution in [2.24, 2.45) is 0 Å². The fourth-order valence-corrected chi connectivity index (χ4v) is 5.59. The van der Waals surface area contributed by atoms with Crippen molar-refractivity contribution >= 4 is 22.9 Å². The summed E-state index contributed by atoms with van der Waals surface area (Å²) in [5, 5.41) is 2.45. The molecule has 2 aliphatic rings. The third kappa shape index (κ3) is 2.87. The minimum absolute atomic E-state index is 0.308. The zero-order chi connectivity index (χ0) is 19.1. The molecule has 0 radical (unpaired) electrons. The van der Waals surface area contributed by atoms with Crippen LogP contribution >= 0.6 is 0 Å². The number of rotatable bonds is 2. The van der Waals surface area contributed by atoms with E-state index in [4.69, 9.17) is 0 Å². The first-order valence-electron chi connectivity index (χ1n) is 10.5. The van der Waals surface area contributed by atoms with Crippen LogP contribution in [0.2, 0.25) is 0 Å². The Labute approximate surface area is 167 Å². The highest BCUT2D eigenvalue weighted by molar-refractivity contribution is 5.91. The van der Waals surface area contributed by atoms with Crippen LogP contribution in [0.15, 0.2) is 54.9 Å². The fourth-order valence-electron chi connectivity index (χ4n) is 5.59. The zero-order valence-electron chi connectivity index (χ0n) is 16.9. The number of pyridine rings is 1. The van der Waals surface area contributed by atoms with Gasteiger partial charge >= 0.3 is 0 Å². The van der Waals surface area contributed by atoms with E-state index < -0.39 is 0 Å². The van der Waals surface area contributed by atoms with E-state index >= 15 is 0 Å². The predicted molar refractivity (Wildman–Crippen MR) is 118 cm³/mol. The average Bonchev–Trinajstić information content (AvgIpc) is 2.72. The van der Waals surface area contributed by atoms with E-state index in [0.717, 1.165) is 0 Å². The molecule has 3 aromatic rings. The number of likely N-dealkylation sites (tertiary alicyclic amines) is 1. The molecule has 2 atom stereocenters. The molecule has 0 spiro atoms. The zero-order valence-corrected chi connectivity index (χ0v) is 16.9. The first kappa shape index (κ1) is 17.6. The molecule has 5 rings (SSSR count). The topological polar surface area (TPSA) is 16.1 Å². The van der Waals surface area contributed by atoms with Crippen LogP contribution in [0.25, 0.3) is 22.9 Å². The van der Waals surface area contributed by atoms with Gasteiger partial charge in [-0.2, -0.15) is 0 Å². The summed E-state index contributed by atoms with van der Waals surface area (Å²) in [6.07, 6.45) is 13.4. The number of hydrogen-bond donors (Lipinski definition) is 0. The maximum atomic E-state index is 4.40. The maximum absolute atomic E-state index is 4.40. The van der Waals surface area contributed by atoms with Crippen molar-refractivity contribution in [3.8, 4) is 0 Å². The molecule has 0 bridgehead atoms. The van der Waals surface area contributed by atoms with Gasteiger partial charge in [-0.05, 0) is 61.4 Å². The summed E-state index contributed by atoms with van der Waals surface area (Å²) in [7, 11) is 2.31. The van der Waals surface area contributed by atoms with Crippen molar-refractivity contribution in [1.82, 2.24) is 9.88 Å². The first-order chi connectivity index (χ1) is 13.6. The summed E-state index contributed by atoms with van der Waals surface area (Å²) in [4.78, 5) is 6.99. The van der Waals surface area contributed by atoms with Crippen molar-refractivity contribution in [3.63, 3.8) is 0 Å². The Kier molecular flexibility index (Phi) is 4.32. The standard InChI is InChI=1S/C26H28N2/c1-26-14-5-15-28(2)25(26)13-11-20-16-19(9-12-24(20)26)8-10-22-18-27-17-21-6-3-4-7-23(21)22/h3-4,6-10,12,16-18,25H,5,11,13-15H2,1-2H3/t25-,26-/m1/s1. The van der Waals surface area contributed by atoms with Crippen molar-refractivity contribution < 1.29 is 0 Å². The molecule has 0 amide bonds. The minimum Gasteiger partial charge on any atom is -0.303 e. The number of aryl methyl sites for hydroxylation is 1. The van der Waals surface area contributed by atoms with Crippen LogP contribution in [0.5, 0.6) is 0 Å². The lowest BCUT2D eigenvalue weighted by Gasteiger charge is -2.51. The van der Waals surface area contributed by atoms with E-state index in [1.807, 2.05) is 12.4 Å². The van der Waals surface area contributed by atoms with E-state index in [-0.39, 0.29) is 0 Å². The number of piperidine rings is 1. The van der Waals surface area contributed by atoms with E-state index in [9.17, 15) is 0 Å². The van der Waals surface area contributed by atoms with Crippen LogP contribution in [-0.4, -0.2) is 29.5 Å². The lowest BCUT2D eigenvalue weighted by atomic mass is 9.63. The Balaban J connectivity index is 1.48. The van der Waals surface area contributed by atoms with Crippen LogP contribution in [0.3, 0.4) is 0 Å². The molecule has 2 heteroatoms. The number of hydrogen-bond acceptors (Lipinski definition) is 2. The lowest BCUT2D eigenvalue weighted by molar-refractivity contribution is 0.0854. The van der Waals surface area contributed by atoms with Crippen LogP contribution in [0.1, 0.15) is 48.4 Å². The number of nitrogens with zero attached hydrogens (tertiary/aromatic N) is 2. The van der Waals surface area contributed by atoms with Crippen LogP contribution in [0, 0.1) is 0 Å². The van der Waals surface area contributed by atoms with Gasteiger partial charge in [0.25, 0.3) is 0 Å². The number of benzene rings is 2. The van der Waals surface area contributed by atoms with E-state index in [2.05, 4.69) is 78.5 Å². The first-order valence-corrected chi connectivity index (χ1v) is 10.5. The fraction of sp³-hybridized carbons (Fsp3) is 0.346. The summed E-state index contributed by atoms with van der Waals surface area (Å²) >= 11 is 0. The van der Waals surface area contributed by atoms with Crippen LogP contribution < -0.4 is 0 Å². The summed E-state index contributed by atoms with van der Waals surface area (Å²) in [5.41, 5.74) is 5.91. The summed E-state index contributed by atoms with van der Waals surface area (Å²) in [6, 6.07) is 16.3. The minimum atomic E-state index is 0.308. The van der Waals surface area contributed by atoms with Gasteiger partial charge in [-0.1, -0.05) is 61.5 Å². The SMILES string of the molecule is CN1CCC[C@]2(C)c3ccc(C=Cc4cncc5ccccc45)cc3CC[C@@H]12. The van der Waals surface area contributed by atoms with Gasteiger partial charge in [0.05, 0.1) is 0 Å². The molecule has 2 nitrogen and oxygen atoms in total. The number of aromatic nitrogens is 1. The molecule has 2 aromatic carbocycles. The third-order valence-corrected chi connectivity index (χ3v) is 7.06. The molecule has 1 aromatic heterocycles. The molecule has 142 valence electrons. The number of fused-ring (bicyclic) bond motifs is 4. The van der Waals surface area contributed by atoms with Gasteiger partial charge in [-0.3, -0.25) is 4.98 Å². The quantitative estimate of drug-likeness (QED) is 0.576. The van der Waals surface area contributed by atoms with Crippen molar-refractivity contribution in [2.45, 2.75) is 44.1 Å². The van der Waals surface area contributed by atoms with Gasteiger partial charge in [0.1, 0.15) is 0 Å². The summed E-state index contributed by atoms with van der Waals surface area (Å²) < 4.78 is 0. The molecular weight excluding hydrogens is 340 g/mol. The second kappa shape index (κ2) is 6.86. The molecule has 1 aliphatic carbocycles. The molecule has 0 unspecified atom stereocenters. The molecule has 1 aliphatic heterocycles. The Bertz CT molecular complexity index is 1050. The van der Waals surface area contributed by atoms with E-state index in [1.54, 1.807) is 11.1 Å². The Morgan fingerprint density at radius 1 is 1.11 bits per heavy atom. The second-order valence-corrected chi connectivity index (χ2v) is 8.76. The van der Waals surface area contributed by atoms with Gasteiger partial charge in [0.15, 0.2) is 0 Å². The molecule has 0 N–H and O–H groups in total. The highest BCUT2D eigenvalue weighted by atomic mass is 15.1. The highest BCUT2D eigenvalue weighted by Gasteiger charge is 2.44. The lowest BCUT2D eigenvalue weighted by Crippen LogP contribution is -2.54. The van der Waals surface area contributed by atoms with Crippen molar-refractivity contribution in [1.29, 1.82) is 0 Å². The van der Waals surface area contributed by atoms with Gasteiger partial charge in [0.2, 0.25) is 0 Å². The van der Waals surface area contributed by atoms with Crippen LogP contribution in [-0.2, 0) is 11.8 Å². The van der Waals surface area contributed by atoms with Gasteiger partial charge in [-0.15, -0.1) is 0 Å². The van der Waals surface area contributed by atoms with Gasteiger partial charge in [-0.25, -0.2) is 0 Å². The molecule has 0 saturated carbocycles. The monoisotopic (exact) mass is 368 g/mol. The number of likely N-dealkylation sites (N-methyl/N-ethyl adjacent to an activating group) is 1. The predicted octanol–water partition coefficient (Wildman–Crippen LogP) is 5.70. The van der Waals surface area contributed by atoms with E-state index in [1.165, 1.54) is 54.1 Å². The Hall–Kier alpha value is -2.45. The van der Waals surface area contributed by atoms with Crippen molar-refractivity contribution in [2.75, 3.05) is 13.6 Å². The van der Waals surface area contributed by atoms with Crippen molar-refractivity contribution in [3.05, 3.63) is 77.1 Å². The smallest absolute Gasteiger partial charge is 0.0346 e. The summed E-state index contributed by atoms with van der Waals surface area (Å²) in [5.74, 6) is 0. The Morgan fingerprint density at radius 2 is 2.00 bits per heavy atom.